The number of nitrogens with two attached hydrogens (primary N) is 1. The van der Waals surface area contributed by atoms with Crippen LogP contribution in [0.15, 0.2) is 41.9 Å². The highest BCUT2D eigenvalue weighted by Crippen LogP contribution is 2.19. The summed E-state index contributed by atoms with van der Waals surface area (Å²) in [6, 6.07) is 10.5. The molecule has 0 saturated heterocycles. The van der Waals surface area contributed by atoms with Crippen molar-refractivity contribution >= 4 is 16.5 Å². The van der Waals surface area contributed by atoms with Crippen LogP contribution in [0.4, 0.5) is 5.13 Å². The third-order valence-electron chi connectivity index (χ3n) is 3.36. The molecule has 3 aromatic rings. The zero-order valence-corrected chi connectivity index (χ0v) is 12.6. The number of anilines is 1. The Kier molecular flexibility index (Phi) is 3.96. The van der Waals surface area contributed by atoms with Crippen LogP contribution in [-0.2, 0) is 13.0 Å². The van der Waals surface area contributed by atoms with E-state index in [2.05, 4.69) is 46.5 Å². The molecule has 5 nitrogen and oxygen atoms in total. The van der Waals surface area contributed by atoms with Gasteiger partial charge in [0.05, 0.1) is 17.9 Å². The summed E-state index contributed by atoms with van der Waals surface area (Å²) in [6.45, 7) is 2.82. The van der Waals surface area contributed by atoms with Crippen molar-refractivity contribution in [2.75, 3.05) is 5.73 Å². The van der Waals surface area contributed by atoms with Gasteiger partial charge in [0, 0.05) is 11.6 Å². The molecule has 0 fully saturated rings. The maximum absolute atomic E-state index is 5.63. The lowest BCUT2D eigenvalue weighted by Gasteiger charge is -2.09. The first-order valence-corrected chi connectivity index (χ1v) is 7.72. The van der Waals surface area contributed by atoms with Gasteiger partial charge in [0.2, 0.25) is 0 Å². The number of aromatic nitrogens is 4. The molecule has 0 aliphatic heterocycles. The summed E-state index contributed by atoms with van der Waals surface area (Å²) in [6.07, 6.45) is 2.86. The smallest absolute Gasteiger partial charge is 0.180 e. The van der Waals surface area contributed by atoms with E-state index in [1.165, 1.54) is 16.9 Å². The highest BCUT2D eigenvalue weighted by molar-refractivity contribution is 7.13. The second-order valence-electron chi connectivity index (χ2n) is 5.10. The molecule has 6 heteroatoms. The fourth-order valence-corrected chi connectivity index (χ4v) is 2.84. The van der Waals surface area contributed by atoms with Crippen LogP contribution >= 0.6 is 11.3 Å². The minimum Gasteiger partial charge on any atom is -0.375 e. The van der Waals surface area contributed by atoms with Crippen LogP contribution in [0.25, 0.3) is 0 Å². The summed E-state index contributed by atoms with van der Waals surface area (Å²) < 4.78 is 1.81. The Bertz CT molecular complexity index is 704. The number of nitrogen functional groups attached to an aromatic ring is 1. The van der Waals surface area contributed by atoms with Crippen LogP contribution in [-0.4, -0.2) is 20.0 Å². The first-order chi connectivity index (χ1) is 10.2. The lowest BCUT2D eigenvalue weighted by molar-refractivity contribution is 0.640. The molecule has 108 valence electrons. The van der Waals surface area contributed by atoms with Crippen molar-refractivity contribution < 1.29 is 0 Å². The van der Waals surface area contributed by atoms with Crippen molar-refractivity contribution in [2.24, 2.45) is 0 Å². The number of hydrogen-bond acceptors (Lipinski definition) is 5. The fourth-order valence-electron chi connectivity index (χ4n) is 2.28. The Hall–Kier alpha value is -2.21. The fraction of sp³-hybridized carbons (Fsp3) is 0.267. The lowest BCUT2D eigenvalue weighted by Crippen LogP contribution is -2.01. The minimum absolute atomic E-state index is 0.422. The topological polar surface area (TPSA) is 69.6 Å². The molecule has 1 aromatic carbocycles. The molecule has 2 heterocycles. The molecule has 0 bridgehead atoms. The van der Waals surface area contributed by atoms with E-state index >= 15 is 0 Å². The summed E-state index contributed by atoms with van der Waals surface area (Å²) in [7, 11) is 0. The van der Waals surface area contributed by atoms with E-state index in [1.54, 1.807) is 0 Å². The normalized spacial score (nSPS) is 12.4. The molecule has 0 saturated carbocycles. The standard InChI is InChI=1S/C15H17N5S/c1-11(12-5-3-2-4-6-12)7-13-8-20(19-18-13)9-14-10-21-15(16)17-14/h2-6,8,10-11H,7,9H2,1H3,(H2,16,17)/t11-/m0/s1. The SMILES string of the molecule is C[C@@H](Cc1cn(Cc2csc(N)n2)nn1)c1ccccc1. The minimum atomic E-state index is 0.422. The van der Waals surface area contributed by atoms with Crippen LogP contribution in [0, 0.1) is 0 Å². The van der Waals surface area contributed by atoms with Gasteiger partial charge in [0.1, 0.15) is 0 Å². The Balaban J connectivity index is 1.65. The van der Waals surface area contributed by atoms with Crippen molar-refractivity contribution in [2.45, 2.75) is 25.8 Å². The second kappa shape index (κ2) is 6.05. The maximum atomic E-state index is 5.63. The zero-order valence-electron chi connectivity index (χ0n) is 11.8. The van der Waals surface area contributed by atoms with E-state index in [0.717, 1.165) is 17.8 Å². The number of hydrogen-bond donors (Lipinski definition) is 1. The van der Waals surface area contributed by atoms with Crippen LogP contribution < -0.4 is 5.73 Å². The predicted molar refractivity (Wildman–Crippen MR) is 84.2 cm³/mol. The molecule has 0 spiro atoms. The van der Waals surface area contributed by atoms with Gasteiger partial charge in [-0.3, -0.25) is 0 Å². The van der Waals surface area contributed by atoms with Crippen molar-refractivity contribution in [1.29, 1.82) is 0 Å². The van der Waals surface area contributed by atoms with Crippen molar-refractivity contribution in [1.82, 2.24) is 20.0 Å². The van der Waals surface area contributed by atoms with Crippen LogP contribution in [0.1, 0.15) is 29.8 Å². The Labute approximate surface area is 127 Å². The van der Waals surface area contributed by atoms with E-state index in [1.807, 2.05) is 22.3 Å². The van der Waals surface area contributed by atoms with Gasteiger partial charge in [-0.2, -0.15) is 0 Å². The van der Waals surface area contributed by atoms with Gasteiger partial charge in [-0.15, -0.1) is 16.4 Å². The Morgan fingerprint density at radius 3 is 2.76 bits per heavy atom. The monoisotopic (exact) mass is 299 g/mol. The van der Waals surface area contributed by atoms with E-state index in [9.17, 15) is 0 Å². The number of benzene rings is 1. The summed E-state index contributed by atoms with van der Waals surface area (Å²) >= 11 is 1.44. The summed E-state index contributed by atoms with van der Waals surface area (Å²) in [5, 5.41) is 10.9. The van der Waals surface area contributed by atoms with Gasteiger partial charge in [0.15, 0.2) is 5.13 Å². The van der Waals surface area contributed by atoms with Crippen molar-refractivity contribution in [3.8, 4) is 0 Å². The van der Waals surface area contributed by atoms with Gasteiger partial charge in [0.25, 0.3) is 0 Å². The molecule has 0 radical (unpaired) electrons. The van der Waals surface area contributed by atoms with Gasteiger partial charge in [-0.1, -0.05) is 42.5 Å². The number of nitrogens with zero attached hydrogens (tertiary/aromatic N) is 4. The molecule has 21 heavy (non-hydrogen) atoms. The van der Waals surface area contributed by atoms with Crippen LogP contribution in [0.2, 0.25) is 0 Å². The molecule has 0 amide bonds. The molecular weight excluding hydrogens is 282 g/mol. The molecular formula is C15H17N5S. The van der Waals surface area contributed by atoms with Gasteiger partial charge in [-0.25, -0.2) is 9.67 Å². The summed E-state index contributed by atoms with van der Waals surface area (Å²) in [4.78, 5) is 4.23. The highest BCUT2D eigenvalue weighted by atomic mass is 32.1. The first kappa shape index (κ1) is 13.8. The lowest BCUT2D eigenvalue weighted by atomic mass is 9.97. The predicted octanol–water partition coefficient (Wildman–Crippen LogP) is 2.71. The Morgan fingerprint density at radius 2 is 2.05 bits per heavy atom. The largest absolute Gasteiger partial charge is 0.375 e. The maximum Gasteiger partial charge on any atom is 0.180 e. The summed E-state index contributed by atoms with van der Waals surface area (Å²) in [5.41, 5.74) is 8.87. The first-order valence-electron chi connectivity index (χ1n) is 6.84. The number of thiazole rings is 1. The van der Waals surface area contributed by atoms with Gasteiger partial charge in [-0.05, 0) is 17.9 Å². The third kappa shape index (κ3) is 3.46. The molecule has 0 unspecified atom stereocenters. The van der Waals surface area contributed by atoms with Crippen molar-refractivity contribution in [3.05, 3.63) is 58.9 Å². The molecule has 2 N–H and O–H groups in total. The third-order valence-corrected chi connectivity index (χ3v) is 4.09. The number of rotatable bonds is 5. The second-order valence-corrected chi connectivity index (χ2v) is 5.99. The Morgan fingerprint density at radius 1 is 1.24 bits per heavy atom. The average molecular weight is 299 g/mol. The van der Waals surface area contributed by atoms with Gasteiger partial charge >= 0.3 is 0 Å². The highest BCUT2D eigenvalue weighted by Gasteiger charge is 2.10. The quantitative estimate of drug-likeness (QED) is 0.786. The molecule has 0 aliphatic rings. The molecule has 2 aromatic heterocycles. The molecule has 3 rings (SSSR count). The van der Waals surface area contributed by atoms with Crippen molar-refractivity contribution in [3.63, 3.8) is 0 Å². The van der Waals surface area contributed by atoms with Crippen LogP contribution in [0.3, 0.4) is 0 Å². The van der Waals surface area contributed by atoms with E-state index in [0.29, 0.717) is 17.6 Å². The van der Waals surface area contributed by atoms with Crippen LogP contribution in [0.5, 0.6) is 0 Å². The van der Waals surface area contributed by atoms with E-state index < -0.39 is 0 Å². The summed E-state index contributed by atoms with van der Waals surface area (Å²) in [5.74, 6) is 0.422. The zero-order chi connectivity index (χ0) is 14.7. The molecule has 0 aliphatic carbocycles. The average Bonchev–Trinajstić information content (AvgIpc) is 3.09. The molecule has 1 atom stereocenters. The van der Waals surface area contributed by atoms with Gasteiger partial charge < -0.3 is 5.73 Å². The van der Waals surface area contributed by atoms with E-state index in [-0.39, 0.29) is 0 Å². The van der Waals surface area contributed by atoms with E-state index in [4.69, 9.17) is 5.73 Å².